The zero-order valence-electron chi connectivity index (χ0n) is 15.2. The number of hydrogen-bond acceptors (Lipinski definition) is 2. The molecule has 0 amide bonds. The summed E-state index contributed by atoms with van der Waals surface area (Å²) in [6, 6.07) is 0. The molecule has 0 aromatic rings. The van der Waals surface area contributed by atoms with E-state index in [2.05, 4.69) is 34.6 Å². The van der Waals surface area contributed by atoms with Crippen molar-refractivity contribution in [2.24, 2.45) is 34.5 Å². The van der Waals surface area contributed by atoms with Crippen LogP contribution >= 0.6 is 0 Å². The molecule has 2 heteroatoms. The minimum Gasteiger partial charge on any atom is -0.393 e. The number of hydrogen-bond donors (Lipinski definition) is 2. The molecule has 2 nitrogen and oxygen atoms in total. The van der Waals surface area contributed by atoms with E-state index in [1.165, 1.54) is 12.8 Å². The van der Waals surface area contributed by atoms with Gasteiger partial charge in [-0.15, -0.1) is 0 Å². The van der Waals surface area contributed by atoms with Gasteiger partial charge in [0.25, 0.3) is 0 Å². The Balaban J connectivity index is 1.97. The Morgan fingerprint density at radius 2 is 1.59 bits per heavy atom. The summed E-state index contributed by atoms with van der Waals surface area (Å²) in [5.41, 5.74) is -0.266. The number of fused-ring (bicyclic) bond motifs is 3. The zero-order chi connectivity index (χ0) is 16.3. The van der Waals surface area contributed by atoms with E-state index in [-0.39, 0.29) is 16.9 Å². The molecule has 3 fully saturated rings. The van der Waals surface area contributed by atoms with E-state index >= 15 is 0 Å². The second-order valence-corrected chi connectivity index (χ2v) is 9.92. The first-order valence-corrected chi connectivity index (χ1v) is 9.49. The minimum absolute atomic E-state index is 0.0537. The average molecular weight is 309 g/mol. The highest BCUT2D eigenvalue weighted by Gasteiger charge is 2.56. The molecular weight excluding hydrogens is 272 g/mol. The van der Waals surface area contributed by atoms with E-state index in [0.717, 1.165) is 38.0 Å². The number of aliphatic hydroxyl groups excluding tert-OH is 1. The quantitative estimate of drug-likeness (QED) is 0.697. The first-order chi connectivity index (χ1) is 10.1. The van der Waals surface area contributed by atoms with Crippen molar-refractivity contribution in [3.63, 3.8) is 0 Å². The van der Waals surface area contributed by atoms with Crippen LogP contribution in [0, 0.1) is 34.5 Å². The second kappa shape index (κ2) is 5.21. The van der Waals surface area contributed by atoms with Crippen molar-refractivity contribution in [1.29, 1.82) is 0 Å². The SMILES string of the molecule is C[C@@H]1CCC(O)[C@@]2(C)CC[C@H]3C(C)(C)[C@@H](CC[C@@]3(C)O)C[C@H]12. The van der Waals surface area contributed by atoms with Gasteiger partial charge >= 0.3 is 0 Å². The highest BCUT2D eigenvalue weighted by Crippen LogP contribution is 2.60. The molecule has 3 aliphatic carbocycles. The van der Waals surface area contributed by atoms with Crippen LogP contribution in [0.25, 0.3) is 0 Å². The van der Waals surface area contributed by atoms with Gasteiger partial charge in [0.15, 0.2) is 0 Å². The first kappa shape index (κ1) is 16.8. The lowest BCUT2D eigenvalue weighted by atomic mass is 9.47. The van der Waals surface area contributed by atoms with Gasteiger partial charge in [0.2, 0.25) is 0 Å². The summed E-state index contributed by atoms with van der Waals surface area (Å²) in [7, 11) is 0. The summed E-state index contributed by atoms with van der Waals surface area (Å²) in [4.78, 5) is 0. The molecule has 0 aromatic heterocycles. The highest BCUT2D eigenvalue weighted by molar-refractivity contribution is 5.06. The van der Waals surface area contributed by atoms with Gasteiger partial charge < -0.3 is 10.2 Å². The van der Waals surface area contributed by atoms with Crippen LogP contribution in [-0.4, -0.2) is 21.9 Å². The Morgan fingerprint density at radius 1 is 0.909 bits per heavy atom. The fourth-order valence-electron chi connectivity index (χ4n) is 6.67. The molecule has 0 spiro atoms. The van der Waals surface area contributed by atoms with Crippen LogP contribution in [0.3, 0.4) is 0 Å². The maximum atomic E-state index is 11.0. The van der Waals surface area contributed by atoms with Gasteiger partial charge in [0, 0.05) is 0 Å². The largest absolute Gasteiger partial charge is 0.393 e. The molecule has 22 heavy (non-hydrogen) atoms. The molecule has 1 unspecified atom stereocenters. The Kier molecular flexibility index (Phi) is 3.97. The third-order valence-electron chi connectivity index (χ3n) is 8.40. The predicted octanol–water partition coefficient (Wildman–Crippen LogP) is 4.39. The third kappa shape index (κ3) is 2.36. The van der Waals surface area contributed by atoms with Crippen molar-refractivity contribution in [1.82, 2.24) is 0 Å². The van der Waals surface area contributed by atoms with Gasteiger partial charge in [-0.3, -0.25) is 0 Å². The maximum absolute atomic E-state index is 11.0. The van der Waals surface area contributed by atoms with Crippen molar-refractivity contribution in [3.8, 4) is 0 Å². The van der Waals surface area contributed by atoms with Gasteiger partial charge in [-0.1, -0.05) is 27.7 Å². The van der Waals surface area contributed by atoms with E-state index in [1.807, 2.05) is 0 Å². The summed E-state index contributed by atoms with van der Waals surface area (Å²) in [6.07, 6.45) is 7.46. The number of aliphatic hydroxyl groups is 2. The third-order valence-corrected chi connectivity index (χ3v) is 8.40. The molecule has 0 radical (unpaired) electrons. The lowest BCUT2D eigenvalue weighted by Crippen LogP contribution is -2.56. The summed E-state index contributed by atoms with van der Waals surface area (Å²) < 4.78 is 0. The van der Waals surface area contributed by atoms with E-state index < -0.39 is 5.60 Å². The second-order valence-electron chi connectivity index (χ2n) is 9.92. The molecule has 2 bridgehead atoms. The van der Waals surface area contributed by atoms with E-state index in [0.29, 0.717) is 17.8 Å². The average Bonchev–Trinajstić information content (AvgIpc) is 2.40. The molecule has 0 aliphatic heterocycles. The van der Waals surface area contributed by atoms with Crippen LogP contribution < -0.4 is 0 Å². The van der Waals surface area contributed by atoms with E-state index in [1.54, 1.807) is 0 Å². The van der Waals surface area contributed by atoms with Gasteiger partial charge in [0.05, 0.1) is 11.7 Å². The summed E-state index contributed by atoms with van der Waals surface area (Å²) >= 11 is 0. The zero-order valence-corrected chi connectivity index (χ0v) is 15.2. The molecular formula is C20H36O2. The van der Waals surface area contributed by atoms with Crippen molar-refractivity contribution in [2.45, 2.75) is 91.3 Å². The summed E-state index contributed by atoms with van der Waals surface area (Å²) in [5.74, 6) is 2.42. The van der Waals surface area contributed by atoms with Gasteiger partial charge in [0.1, 0.15) is 0 Å². The maximum Gasteiger partial charge on any atom is 0.0653 e. The Bertz CT molecular complexity index is 427. The monoisotopic (exact) mass is 308 g/mol. The Morgan fingerprint density at radius 3 is 2.27 bits per heavy atom. The van der Waals surface area contributed by atoms with Crippen molar-refractivity contribution in [3.05, 3.63) is 0 Å². The summed E-state index contributed by atoms with van der Waals surface area (Å²) in [6.45, 7) is 11.6. The predicted molar refractivity (Wildman–Crippen MR) is 90.5 cm³/mol. The van der Waals surface area contributed by atoms with Crippen LogP contribution in [-0.2, 0) is 0 Å². The van der Waals surface area contributed by atoms with Gasteiger partial charge in [-0.2, -0.15) is 0 Å². The van der Waals surface area contributed by atoms with Crippen LogP contribution in [0.2, 0.25) is 0 Å². The molecule has 0 aromatic carbocycles. The van der Waals surface area contributed by atoms with Crippen molar-refractivity contribution >= 4 is 0 Å². The fourth-order valence-corrected chi connectivity index (χ4v) is 6.67. The fraction of sp³-hybridized carbons (Fsp3) is 1.00. The van der Waals surface area contributed by atoms with Crippen LogP contribution in [0.5, 0.6) is 0 Å². The van der Waals surface area contributed by atoms with Gasteiger partial charge in [-0.05, 0) is 86.4 Å². The topological polar surface area (TPSA) is 40.5 Å². The van der Waals surface area contributed by atoms with E-state index in [9.17, 15) is 10.2 Å². The Labute approximate surface area is 136 Å². The normalized spacial score (nSPS) is 55.0. The molecule has 7 atom stereocenters. The summed E-state index contributed by atoms with van der Waals surface area (Å²) in [5, 5.41) is 21.7. The van der Waals surface area contributed by atoms with Crippen LogP contribution in [0.4, 0.5) is 0 Å². The molecule has 128 valence electrons. The lowest BCUT2D eigenvalue weighted by molar-refractivity contribution is -0.164. The lowest BCUT2D eigenvalue weighted by Gasteiger charge is -2.59. The minimum atomic E-state index is -0.533. The Hall–Kier alpha value is -0.0800. The van der Waals surface area contributed by atoms with Crippen molar-refractivity contribution in [2.75, 3.05) is 0 Å². The number of rotatable bonds is 0. The standard InChI is InChI=1S/C20H36O2/c1-13-6-7-17(21)19(4)10-9-16-18(2,3)14(12-15(13)19)8-11-20(16,5)22/h13-17,21-22H,6-12H2,1-5H3/t13-,14+,15-,16+,17?,19+,20-/m1/s1. The highest BCUT2D eigenvalue weighted by atomic mass is 16.3. The molecule has 3 saturated carbocycles. The molecule has 3 rings (SSSR count). The van der Waals surface area contributed by atoms with Crippen molar-refractivity contribution < 1.29 is 10.2 Å². The van der Waals surface area contributed by atoms with Crippen LogP contribution in [0.15, 0.2) is 0 Å². The first-order valence-electron chi connectivity index (χ1n) is 9.49. The molecule has 0 saturated heterocycles. The molecule has 3 aliphatic rings. The van der Waals surface area contributed by atoms with Crippen LogP contribution in [0.1, 0.15) is 79.6 Å². The van der Waals surface area contributed by atoms with E-state index in [4.69, 9.17) is 0 Å². The molecule has 2 N–H and O–H groups in total. The smallest absolute Gasteiger partial charge is 0.0653 e. The van der Waals surface area contributed by atoms with Gasteiger partial charge in [-0.25, -0.2) is 0 Å². The molecule has 0 heterocycles.